The molecule has 0 amide bonds. The number of nitrogens with zero attached hydrogens (tertiary/aromatic N) is 5. The molecule has 1 aliphatic rings. The largest absolute Gasteiger partial charge is 0.460 e. The summed E-state index contributed by atoms with van der Waals surface area (Å²) in [7, 11) is 0. The molecule has 1 aliphatic carbocycles. The van der Waals surface area contributed by atoms with E-state index < -0.39 is 0 Å². The molecular formula is C13H16ClN5O. The minimum absolute atomic E-state index is 0.115. The predicted octanol–water partition coefficient (Wildman–Crippen LogP) is 2.67. The molecule has 0 radical (unpaired) electrons. The SMILES string of the molecule is CC1CCCCC1Oc1nc(Cl)nc(-n2cccn2)n1. The van der Waals surface area contributed by atoms with E-state index in [1.165, 1.54) is 23.9 Å². The average Bonchev–Trinajstić information content (AvgIpc) is 2.95. The van der Waals surface area contributed by atoms with Gasteiger partial charge in [0.15, 0.2) is 0 Å². The first kappa shape index (κ1) is 13.3. The van der Waals surface area contributed by atoms with Crippen molar-refractivity contribution in [2.45, 2.75) is 38.7 Å². The molecular weight excluding hydrogens is 278 g/mol. The number of aromatic nitrogens is 5. The van der Waals surface area contributed by atoms with Crippen LogP contribution in [0.5, 0.6) is 6.01 Å². The fourth-order valence-electron chi connectivity index (χ4n) is 2.46. The van der Waals surface area contributed by atoms with Crippen molar-refractivity contribution in [1.82, 2.24) is 24.7 Å². The molecule has 0 spiro atoms. The van der Waals surface area contributed by atoms with Crippen LogP contribution in [0.15, 0.2) is 18.5 Å². The van der Waals surface area contributed by atoms with Gasteiger partial charge in [0.2, 0.25) is 5.28 Å². The zero-order chi connectivity index (χ0) is 13.9. The molecule has 20 heavy (non-hydrogen) atoms. The van der Waals surface area contributed by atoms with Gasteiger partial charge in [-0.1, -0.05) is 13.3 Å². The first-order chi connectivity index (χ1) is 9.72. The Morgan fingerprint density at radius 3 is 2.85 bits per heavy atom. The molecule has 106 valence electrons. The Labute approximate surface area is 122 Å². The molecule has 0 bridgehead atoms. The first-order valence-corrected chi connectivity index (χ1v) is 7.18. The highest BCUT2D eigenvalue weighted by molar-refractivity contribution is 6.28. The highest BCUT2D eigenvalue weighted by Gasteiger charge is 2.24. The molecule has 0 saturated heterocycles. The van der Waals surface area contributed by atoms with E-state index in [1.807, 2.05) is 0 Å². The maximum Gasteiger partial charge on any atom is 0.322 e. The summed E-state index contributed by atoms with van der Waals surface area (Å²) in [5, 5.41) is 4.19. The molecule has 7 heteroatoms. The fourth-order valence-corrected chi connectivity index (χ4v) is 2.60. The standard InChI is InChI=1S/C13H16ClN5O/c1-9-5-2-3-6-10(9)20-13-17-11(14)16-12(18-13)19-8-4-7-15-19/h4,7-10H,2-3,5-6H2,1H3. The van der Waals surface area contributed by atoms with Crippen molar-refractivity contribution in [2.24, 2.45) is 5.92 Å². The molecule has 3 rings (SSSR count). The second kappa shape index (κ2) is 5.75. The van der Waals surface area contributed by atoms with Crippen LogP contribution in [-0.2, 0) is 0 Å². The van der Waals surface area contributed by atoms with Crippen molar-refractivity contribution in [3.63, 3.8) is 0 Å². The van der Waals surface area contributed by atoms with Crippen LogP contribution < -0.4 is 4.74 Å². The van der Waals surface area contributed by atoms with Gasteiger partial charge in [-0.2, -0.15) is 20.1 Å². The fraction of sp³-hybridized carbons (Fsp3) is 0.538. The number of rotatable bonds is 3. The molecule has 0 aromatic carbocycles. The number of hydrogen-bond acceptors (Lipinski definition) is 5. The second-order valence-corrected chi connectivity index (χ2v) is 5.39. The first-order valence-electron chi connectivity index (χ1n) is 6.80. The van der Waals surface area contributed by atoms with Gasteiger partial charge in [0.05, 0.1) is 0 Å². The van der Waals surface area contributed by atoms with Gasteiger partial charge in [0, 0.05) is 12.4 Å². The monoisotopic (exact) mass is 293 g/mol. The van der Waals surface area contributed by atoms with Gasteiger partial charge in [-0.15, -0.1) is 0 Å². The summed E-state index contributed by atoms with van der Waals surface area (Å²) < 4.78 is 7.43. The minimum Gasteiger partial charge on any atom is -0.460 e. The van der Waals surface area contributed by atoms with Crippen LogP contribution in [0.4, 0.5) is 0 Å². The third-order valence-corrected chi connectivity index (χ3v) is 3.74. The van der Waals surface area contributed by atoms with Crippen molar-refractivity contribution < 1.29 is 4.74 Å². The lowest BCUT2D eigenvalue weighted by Crippen LogP contribution is -2.29. The summed E-state index contributed by atoms with van der Waals surface area (Å²) in [6.07, 6.45) is 8.20. The van der Waals surface area contributed by atoms with E-state index in [2.05, 4.69) is 27.0 Å². The van der Waals surface area contributed by atoms with Crippen LogP contribution in [0.25, 0.3) is 5.95 Å². The highest BCUT2D eigenvalue weighted by atomic mass is 35.5. The van der Waals surface area contributed by atoms with E-state index in [-0.39, 0.29) is 17.4 Å². The van der Waals surface area contributed by atoms with Gasteiger partial charge in [0.1, 0.15) is 6.10 Å². The van der Waals surface area contributed by atoms with Crippen molar-refractivity contribution in [2.75, 3.05) is 0 Å². The number of hydrogen-bond donors (Lipinski definition) is 0. The third-order valence-electron chi connectivity index (χ3n) is 3.57. The molecule has 2 atom stereocenters. The number of ether oxygens (including phenoxy) is 1. The molecule has 2 aromatic rings. The summed E-state index contributed by atoms with van der Waals surface area (Å²) in [5.41, 5.74) is 0. The highest BCUT2D eigenvalue weighted by Crippen LogP contribution is 2.27. The van der Waals surface area contributed by atoms with Crippen molar-refractivity contribution in [1.29, 1.82) is 0 Å². The Kier molecular flexibility index (Phi) is 3.82. The van der Waals surface area contributed by atoms with Gasteiger partial charge >= 0.3 is 6.01 Å². The smallest absolute Gasteiger partial charge is 0.322 e. The molecule has 1 fully saturated rings. The van der Waals surface area contributed by atoms with E-state index in [1.54, 1.807) is 18.5 Å². The Morgan fingerprint density at radius 1 is 1.25 bits per heavy atom. The molecule has 2 aromatic heterocycles. The molecule has 0 N–H and O–H groups in total. The topological polar surface area (TPSA) is 65.7 Å². The van der Waals surface area contributed by atoms with Crippen LogP contribution in [0, 0.1) is 5.92 Å². The Morgan fingerprint density at radius 2 is 2.10 bits per heavy atom. The summed E-state index contributed by atoms with van der Waals surface area (Å²) in [5.74, 6) is 0.876. The summed E-state index contributed by atoms with van der Waals surface area (Å²) in [4.78, 5) is 12.4. The van der Waals surface area contributed by atoms with Crippen LogP contribution in [0.2, 0.25) is 5.28 Å². The summed E-state index contributed by atoms with van der Waals surface area (Å²) >= 11 is 5.94. The van der Waals surface area contributed by atoms with Crippen molar-refractivity contribution >= 4 is 11.6 Å². The predicted molar refractivity (Wildman–Crippen MR) is 74.0 cm³/mol. The lowest BCUT2D eigenvalue weighted by atomic mass is 9.88. The lowest BCUT2D eigenvalue weighted by molar-refractivity contribution is 0.0919. The summed E-state index contributed by atoms with van der Waals surface area (Å²) in [6.45, 7) is 2.20. The van der Waals surface area contributed by atoms with Gasteiger partial charge in [-0.3, -0.25) is 0 Å². The summed E-state index contributed by atoms with van der Waals surface area (Å²) in [6, 6.07) is 2.07. The van der Waals surface area contributed by atoms with E-state index >= 15 is 0 Å². The van der Waals surface area contributed by atoms with E-state index in [4.69, 9.17) is 16.3 Å². The van der Waals surface area contributed by atoms with Gasteiger partial charge < -0.3 is 4.74 Å². The van der Waals surface area contributed by atoms with Crippen molar-refractivity contribution in [3.05, 3.63) is 23.7 Å². The third kappa shape index (κ3) is 2.90. The van der Waals surface area contributed by atoms with Crippen LogP contribution in [0.3, 0.4) is 0 Å². The van der Waals surface area contributed by atoms with Crippen molar-refractivity contribution in [3.8, 4) is 12.0 Å². The zero-order valence-electron chi connectivity index (χ0n) is 11.2. The van der Waals surface area contributed by atoms with E-state index in [0.717, 1.165) is 6.42 Å². The van der Waals surface area contributed by atoms with Gasteiger partial charge in [0.25, 0.3) is 5.95 Å². The molecule has 0 aliphatic heterocycles. The van der Waals surface area contributed by atoms with Crippen LogP contribution in [-0.4, -0.2) is 30.8 Å². The number of halogens is 1. The average molecular weight is 294 g/mol. The lowest BCUT2D eigenvalue weighted by Gasteiger charge is -2.28. The molecule has 1 saturated carbocycles. The van der Waals surface area contributed by atoms with Gasteiger partial charge in [-0.05, 0) is 42.8 Å². The Bertz CT molecular complexity index is 574. The zero-order valence-corrected chi connectivity index (χ0v) is 12.0. The Hall–Kier alpha value is -1.69. The molecule has 6 nitrogen and oxygen atoms in total. The maximum atomic E-state index is 5.94. The van der Waals surface area contributed by atoms with E-state index in [0.29, 0.717) is 11.9 Å². The van der Waals surface area contributed by atoms with Crippen LogP contribution in [0.1, 0.15) is 32.6 Å². The van der Waals surface area contributed by atoms with Gasteiger partial charge in [-0.25, -0.2) is 4.68 Å². The maximum absolute atomic E-state index is 5.94. The van der Waals surface area contributed by atoms with E-state index in [9.17, 15) is 0 Å². The minimum atomic E-state index is 0.115. The van der Waals surface area contributed by atoms with Crippen LogP contribution >= 0.6 is 11.6 Å². The Balaban J connectivity index is 1.82. The quantitative estimate of drug-likeness (QED) is 0.870. The molecule has 2 heterocycles. The second-order valence-electron chi connectivity index (χ2n) is 5.06. The molecule has 2 unspecified atom stereocenters. The normalized spacial score (nSPS) is 22.7.